The van der Waals surface area contributed by atoms with E-state index in [1.807, 2.05) is 12.1 Å². The van der Waals surface area contributed by atoms with Crippen LogP contribution in [-0.4, -0.2) is 26.6 Å². The topological polar surface area (TPSA) is 90.3 Å². The van der Waals surface area contributed by atoms with Crippen LogP contribution in [0.4, 0.5) is 5.69 Å². The number of sulfone groups is 1. The van der Waals surface area contributed by atoms with Gasteiger partial charge in [0.1, 0.15) is 0 Å². The van der Waals surface area contributed by atoms with Crippen LogP contribution in [0.3, 0.4) is 0 Å². The van der Waals surface area contributed by atoms with Gasteiger partial charge in [-0.05, 0) is 59.5 Å². The van der Waals surface area contributed by atoms with Crippen molar-refractivity contribution in [3.05, 3.63) is 95.1 Å². The van der Waals surface area contributed by atoms with Gasteiger partial charge in [0.25, 0.3) is 5.91 Å². The molecule has 1 N–H and O–H groups in total. The van der Waals surface area contributed by atoms with Gasteiger partial charge in [-0.15, -0.1) is 0 Å². The van der Waals surface area contributed by atoms with Crippen molar-refractivity contribution in [2.24, 2.45) is 0 Å². The van der Waals surface area contributed by atoms with Crippen LogP contribution in [0.2, 0.25) is 0 Å². The fourth-order valence-corrected chi connectivity index (χ4v) is 5.08. The number of nitriles is 1. The van der Waals surface area contributed by atoms with Gasteiger partial charge in [-0.3, -0.25) is 4.79 Å². The molecule has 0 saturated carbocycles. The predicted octanol–water partition coefficient (Wildman–Crippen LogP) is 4.43. The van der Waals surface area contributed by atoms with E-state index in [9.17, 15) is 18.5 Å². The molecule has 7 heteroatoms. The second kappa shape index (κ2) is 10.1. The summed E-state index contributed by atoms with van der Waals surface area (Å²) in [5, 5.41) is 12.2. The Morgan fingerprint density at radius 1 is 1.03 bits per heavy atom. The van der Waals surface area contributed by atoms with E-state index in [1.54, 1.807) is 31.2 Å². The van der Waals surface area contributed by atoms with Gasteiger partial charge < -0.3 is 10.2 Å². The third-order valence-electron chi connectivity index (χ3n) is 6.25. The number of nitrogens with zero attached hydrogens (tertiary/aromatic N) is 2. The first-order valence-electron chi connectivity index (χ1n) is 11.3. The Labute approximate surface area is 200 Å². The van der Waals surface area contributed by atoms with Gasteiger partial charge in [-0.1, -0.05) is 43.3 Å². The number of carbonyl (C=O) groups excluding carboxylic acids is 1. The van der Waals surface area contributed by atoms with Crippen molar-refractivity contribution in [3.8, 4) is 6.07 Å². The van der Waals surface area contributed by atoms with Crippen LogP contribution in [-0.2, 0) is 22.8 Å². The van der Waals surface area contributed by atoms with Crippen molar-refractivity contribution in [3.63, 3.8) is 0 Å². The molecule has 1 atom stereocenters. The average Bonchev–Trinajstić information content (AvgIpc) is 2.88. The molecule has 0 radical (unpaired) electrons. The van der Waals surface area contributed by atoms with Crippen LogP contribution >= 0.6 is 0 Å². The second-order valence-electron chi connectivity index (χ2n) is 8.35. The lowest BCUT2D eigenvalue weighted by Crippen LogP contribution is -2.30. The van der Waals surface area contributed by atoms with Crippen molar-refractivity contribution in [2.75, 3.05) is 17.2 Å². The summed E-state index contributed by atoms with van der Waals surface area (Å²) in [5.41, 5.74) is 4.97. The summed E-state index contributed by atoms with van der Waals surface area (Å²) in [6.07, 6.45) is 1.07. The Morgan fingerprint density at radius 3 is 2.35 bits per heavy atom. The van der Waals surface area contributed by atoms with Crippen molar-refractivity contribution in [1.82, 2.24) is 5.32 Å². The van der Waals surface area contributed by atoms with Gasteiger partial charge in [-0.2, -0.15) is 5.26 Å². The van der Waals surface area contributed by atoms with Gasteiger partial charge in [0.2, 0.25) is 0 Å². The Kier molecular flexibility index (Phi) is 6.99. The van der Waals surface area contributed by atoms with E-state index >= 15 is 0 Å². The number of rotatable bonds is 7. The van der Waals surface area contributed by atoms with Crippen molar-refractivity contribution in [1.29, 1.82) is 5.26 Å². The average molecular weight is 474 g/mol. The van der Waals surface area contributed by atoms with E-state index in [-0.39, 0.29) is 23.0 Å². The number of carbonyl (C=O) groups is 1. The minimum absolute atomic E-state index is 0.0185. The minimum Gasteiger partial charge on any atom is -0.367 e. The number of amides is 1. The molecule has 6 nitrogen and oxygen atoms in total. The summed E-state index contributed by atoms with van der Waals surface area (Å²) in [6.45, 7) is 3.36. The summed E-state index contributed by atoms with van der Waals surface area (Å²) in [4.78, 5) is 15.4. The number of nitrogens with one attached hydrogen (secondary N) is 1. The third-order valence-corrected chi connectivity index (χ3v) is 8.00. The third kappa shape index (κ3) is 5.13. The standard InChI is InChI=1S/C27H27N3O3S/c1-2-34(32,33)25-13-9-21(10-14-25)26(15-17-28)29-27(31)22-7-11-24(12-8-22)30-18-16-20-5-3-4-6-23(20)19-30/h3-14,26H,2,15-16,18-19H2,1H3,(H,29,31). The minimum atomic E-state index is -3.31. The van der Waals surface area contributed by atoms with E-state index in [4.69, 9.17) is 0 Å². The molecule has 1 aliphatic rings. The molecule has 1 unspecified atom stereocenters. The quantitative estimate of drug-likeness (QED) is 0.548. The number of anilines is 1. The highest BCUT2D eigenvalue weighted by molar-refractivity contribution is 7.91. The maximum absolute atomic E-state index is 12.9. The molecule has 1 aliphatic heterocycles. The summed E-state index contributed by atoms with van der Waals surface area (Å²) in [7, 11) is -3.31. The first kappa shape index (κ1) is 23.5. The van der Waals surface area contributed by atoms with Gasteiger partial charge in [0, 0.05) is 24.3 Å². The molecule has 0 saturated heterocycles. The lowest BCUT2D eigenvalue weighted by atomic mass is 9.99. The predicted molar refractivity (Wildman–Crippen MR) is 132 cm³/mol. The summed E-state index contributed by atoms with van der Waals surface area (Å²) in [5.74, 6) is -0.258. The van der Waals surface area contributed by atoms with Crippen molar-refractivity contribution in [2.45, 2.75) is 37.2 Å². The molecule has 3 aromatic carbocycles. The fraction of sp³-hybridized carbons (Fsp3) is 0.259. The van der Waals surface area contributed by atoms with Gasteiger partial charge in [0.05, 0.1) is 29.2 Å². The van der Waals surface area contributed by atoms with Gasteiger partial charge in [-0.25, -0.2) is 8.42 Å². The van der Waals surface area contributed by atoms with E-state index in [1.165, 1.54) is 23.3 Å². The largest absolute Gasteiger partial charge is 0.367 e. The Bertz CT molecular complexity index is 1310. The molecule has 34 heavy (non-hydrogen) atoms. The molecule has 1 amide bonds. The van der Waals surface area contributed by atoms with Crippen LogP contribution in [0.1, 0.15) is 46.4 Å². The fourth-order valence-electron chi connectivity index (χ4n) is 4.20. The summed E-state index contributed by atoms with van der Waals surface area (Å²) in [6, 6.07) is 23.9. The normalized spacial score (nSPS) is 14.1. The zero-order valence-electron chi connectivity index (χ0n) is 19.1. The zero-order chi connectivity index (χ0) is 24.1. The second-order valence-corrected chi connectivity index (χ2v) is 10.6. The van der Waals surface area contributed by atoms with Crippen LogP contribution in [0, 0.1) is 11.3 Å². The van der Waals surface area contributed by atoms with E-state index in [0.29, 0.717) is 11.1 Å². The molecule has 4 rings (SSSR count). The van der Waals surface area contributed by atoms with Crippen molar-refractivity contribution < 1.29 is 13.2 Å². The lowest BCUT2D eigenvalue weighted by molar-refractivity contribution is 0.0937. The number of hydrogen-bond acceptors (Lipinski definition) is 5. The van der Waals surface area contributed by atoms with E-state index < -0.39 is 15.9 Å². The molecule has 0 spiro atoms. The highest BCUT2D eigenvalue weighted by Gasteiger charge is 2.19. The lowest BCUT2D eigenvalue weighted by Gasteiger charge is -2.30. The van der Waals surface area contributed by atoms with Crippen LogP contribution in [0.5, 0.6) is 0 Å². The summed E-state index contributed by atoms with van der Waals surface area (Å²) >= 11 is 0. The molecule has 0 bridgehead atoms. The van der Waals surface area contributed by atoms with E-state index in [0.717, 1.165) is 25.2 Å². The molecule has 174 valence electrons. The Hall–Kier alpha value is -3.63. The smallest absolute Gasteiger partial charge is 0.251 e. The first-order valence-corrected chi connectivity index (χ1v) is 13.0. The molecular weight excluding hydrogens is 446 g/mol. The molecule has 1 heterocycles. The Morgan fingerprint density at radius 2 is 1.71 bits per heavy atom. The van der Waals surface area contributed by atoms with E-state index in [2.05, 4.69) is 40.6 Å². The zero-order valence-corrected chi connectivity index (χ0v) is 19.9. The van der Waals surface area contributed by atoms with Gasteiger partial charge >= 0.3 is 0 Å². The number of hydrogen-bond donors (Lipinski definition) is 1. The molecule has 3 aromatic rings. The highest BCUT2D eigenvalue weighted by Crippen LogP contribution is 2.25. The molecule has 0 aliphatic carbocycles. The monoisotopic (exact) mass is 473 g/mol. The van der Waals surface area contributed by atoms with Crippen LogP contribution < -0.4 is 10.2 Å². The van der Waals surface area contributed by atoms with Crippen molar-refractivity contribution >= 4 is 21.4 Å². The van der Waals surface area contributed by atoms with Gasteiger partial charge in [0.15, 0.2) is 9.84 Å². The first-order chi connectivity index (χ1) is 16.4. The number of fused-ring (bicyclic) bond motifs is 1. The Balaban J connectivity index is 1.45. The molecule has 0 aromatic heterocycles. The van der Waals surface area contributed by atoms with Crippen LogP contribution in [0.25, 0.3) is 0 Å². The SMILES string of the molecule is CCS(=O)(=O)c1ccc(C(CC#N)NC(=O)c2ccc(N3CCc4ccccc4C3)cc2)cc1. The maximum Gasteiger partial charge on any atom is 0.251 e. The number of benzene rings is 3. The maximum atomic E-state index is 12.9. The van der Waals surface area contributed by atoms with Crippen LogP contribution in [0.15, 0.2) is 77.7 Å². The highest BCUT2D eigenvalue weighted by atomic mass is 32.2. The molecular formula is C27H27N3O3S. The summed E-state index contributed by atoms with van der Waals surface area (Å²) < 4.78 is 24.1. The molecule has 0 fully saturated rings.